The number of aromatic nitrogens is 3. The summed E-state index contributed by atoms with van der Waals surface area (Å²) in [4.78, 5) is 9.05. The molecule has 2 heterocycles. The van der Waals surface area contributed by atoms with Crippen molar-refractivity contribution >= 4 is 22.8 Å². The van der Waals surface area contributed by atoms with Gasteiger partial charge in [0.25, 0.3) is 0 Å². The maximum Gasteiger partial charge on any atom is 0.160 e. The van der Waals surface area contributed by atoms with E-state index in [-0.39, 0.29) is 5.60 Å². The van der Waals surface area contributed by atoms with Crippen LogP contribution in [0.15, 0.2) is 12.1 Å². The second-order valence-corrected chi connectivity index (χ2v) is 5.27. The van der Waals surface area contributed by atoms with E-state index in [2.05, 4.69) is 9.97 Å². The lowest BCUT2D eigenvalue weighted by Gasteiger charge is -2.24. The highest BCUT2D eigenvalue weighted by Crippen LogP contribution is 2.20. The maximum absolute atomic E-state index is 5.96. The van der Waals surface area contributed by atoms with E-state index >= 15 is 0 Å². The minimum absolute atomic E-state index is 0.278. The third-order valence-electron chi connectivity index (χ3n) is 3.02. The van der Waals surface area contributed by atoms with Crippen molar-refractivity contribution in [2.45, 2.75) is 38.8 Å². The highest BCUT2D eigenvalue weighted by molar-refractivity contribution is 6.16. The zero-order valence-electron chi connectivity index (χ0n) is 11.2. The van der Waals surface area contributed by atoms with Crippen LogP contribution < -0.4 is 0 Å². The van der Waals surface area contributed by atoms with Gasteiger partial charge in [0.05, 0.1) is 18.0 Å². The molecule has 0 unspecified atom stereocenters. The average molecular weight is 268 g/mol. The third kappa shape index (κ3) is 2.49. The van der Waals surface area contributed by atoms with Gasteiger partial charge in [-0.2, -0.15) is 0 Å². The molecule has 0 atom stereocenters. The van der Waals surface area contributed by atoms with Crippen LogP contribution in [0.1, 0.15) is 25.4 Å². The summed E-state index contributed by atoms with van der Waals surface area (Å²) in [5.74, 6) is 1.20. The molecule has 4 nitrogen and oxygen atoms in total. The van der Waals surface area contributed by atoms with E-state index in [1.165, 1.54) is 0 Å². The van der Waals surface area contributed by atoms with Gasteiger partial charge in [-0.05, 0) is 32.9 Å². The van der Waals surface area contributed by atoms with Crippen molar-refractivity contribution in [3.8, 4) is 0 Å². The summed E-state index contributed by atoms with van der Waals surface area (Å²) in [6, 6.07) is 3.93. The number of hydrogen-bond donors (Lipinski definition) is 0. The minimum atomic E-state index is -0.278. The molecular weight excluding hydrogens is 250 g/mol. The molecule has 0 aliphatic carbocycles. The topological polar surface area (TPSA) is 39.9 Å². The van der Waals surface area contributed by atoms with Crippen LogP contribution in [0.25, 0.3) is 11.2 Å². The maximum atomic E-state index is 5.96. The van der Waals surface area contributed by atoms with Crippen LogP contribution in [0.5, 0.6) is 0 Å². The van der Waals surface area contributed by atoms with Crippen molar-refractivity contribution in [1.29, 1.82) is 0 Å². The number of rotatable bonds is 4. The summed E-state index contributed by atoms with van der Waals surface area (Å²) in [7, 11) is 1.71. The molecule has 0 aromatic carbocycles. The Hall–Kier alpha value is -1.13. The first-order chi connectivity index (χ1) is 8.46. The molecule has 0 aliphatic heterocycles. The number of methoxy groups -OCH3 is 1. The van der Waals surface area contributed by atoms with Crippen molar-refractivity contribution in [3.63, 3.8) is 0 Å². The van der Waals surface area contributed by atoms with Crippen molar-refractivity contribution in [2.75, 3.05) is 7.11 Å². The Kier molecular flexibility index (Phi) is 3.59. The van der Waals surface area contributed by atoms with Gasteiger partial charge in [-0.1, -0.05) is 0 Å². The molecule has 0 spiro atoms. The van der Waals surface area contributed by atoms with Crippen LogP contribution in [0.4, 0.5) is 0 Å². The fourth-order valence-corrected chi connectivity index (χ4v) is 2.06. The normalized spacial score (nSPS) is 12.3. The first kappa shape index (κ1) is 13.3. The van der Waals surface area contributed by atoms with Crippen LogP contribution in [0, 0.1) is 6.92 Å². The lowest BCUT2D eigenvalue weighted by molar-refractivity contribution is 0.00842. The molecule has 98 valence electrons. The van der Waals surface area contributed by atoms with E-state index in [1.807, 2.05) is 37.5 Å². The van der Waals surface area contributed by atoms with Gasteiger partial charge >= 0.3 is 0 Å². The fourth-order valence-electron chi connectivity index (χ4n) is 1.86. The standard InChI is InChI=1S/C13H18ClN3O/c1-9-5-6-10-12(15-9)17(11(7-14)16-10)8-13(2,3)18-4/h5-6H,7-8H2,1-4H3. The summed E-state index contributed by atoms with van der Waals surface area (Å²) in [5, 5.41) is 0. The molecule has 0 N–H and O–H groups in total. The highest BCUT2D eigenvalue weighted by atomic mass is 35.5. The largest absolute Gasteiger partial charge is 0.377 e. The fraction of sp³-hybridized carbons (Fsp3) is 0.538. The third-order valence-corrected chi connectivity index (χ3v) is 3.26. The van der Waals surface area contributed by atoms with Crippen LogP contribution in [0.3, 0.4) is 0 Å². The molecule has 0 saturated heterocycles. The monoisotopic (exact) mass is 267 g/mol. The van der Waals surface area contributed by atoms with Gasteiger partial charge in [-0.15, -0.1) is 11.6 Å². The van der Waals surface area contributed by atoms with E-state index in [0.29, 0.717) is 12.4 Å². The quantitative estimate of drug-likeness (QED) is 0.800. The lowest BCUT2D eigenvalue weighted by atomic mass is 10.1. The Bertz CT molecular complexity index is 563. The van der Waals surface area contributed by atoms with E-state index in [0.717, 1.165) is 22.7 Å². The zero-order chi connectivity index (χ0) is 13.3. The molecule has 2 aromatic heterocycles. The Labute approximate surface area is 112 Å². The molecule has 0 fully saturated rings. The Morgan fingerprint density at radius 1 is 1.33 bits per heavy atom. The van der Waals surface area contributed by atoms with Crippen molar-refractivity contribution in [3.05, 3.63) is 23.7 Å². The molecule has 0 bridgehead atoms. The predicted octanol–water partition coefficient (Wildman–Crippen LogP) is 2.90. The summed E-state index contributed by atoms with van der Waals surface area (Å²) in [6.07, 6.45) is 0. The first-order valence-corrected chi connectivity index (χ1v) is 6.44. The van der Waals surface area contributed by atoms with E-state index in [1.54, 1.807) is 7.11 Å². The van der Waals surface area contributed by atoms with Gasteiger partial charge in [0.1, 0.15) is 11.3 Å². The average Bonchev–Trinajstić information content (AvgIpc) is 2.67. The molecule has 0 radical (unpaired) electrons. The minimum Gasteiger partial charge on any atom is -0.377 e. The van der Waals surface area contributed by atoms with Gasteiger partial charge in [0, 0.05) is 12.8 Å². The van der Waals surface area contributed by atoms with Crippen molar-refractivity contribution in [1.82, 2.24) is 14.5 Å². The predicted molar refractivity (Wildman–Crippen MR) is 72.9 cm³/mol. The first-order valence-electron chi connectivity index (χ1n) is 5.91. The Balaban J connectivity index is 2.55. The summed E-state index contributed by atoms with van der Waals surface area (Å²) >= 11 is 5.96. The van der Waals surface area contributed by atoms with E-state index < -0.39 is 0 Å². The second-order valence-electron chi connectivity index (χ2n) is 5.01. The number of halogens is 1. The van der Waals surface area contributed by atoms with Gasteiger partial charge in [0.2, 0.25) is 0 Å². The molecule has 0 saturated carbocycles. The molecular formula is C13H18ClN3O. The number of pyridine rings is 1. The number of aryl methyl sites for hydroxylation is 1. The zero-order valence-corrected chi connectivity index (χ0v) is 12.0. The molecule has 0 aliphatic rings. The van der Waals surface area contributed by atoms with E-state index in [4.69, 9.17) is 16.3 Å². The molecule has 0 amide bonds. The Morgan fingerprint density at radius 2 is 2.06 bits per heavy atom. The van der Waals surface area contributed by atoms with Gasteiger partial charge < -0.3 is 9.30 Å². The highest BCUT2D eigenvalue weighted by Gasteiger charge is 2.21. The van der Waals surface area contributed by atoms with Crippen molar-refractivity contribution in [2.24, 2.45) is 0 Å². The van der Waals surface area contributed by atoms with Gasteiger partial charge in [0.15, 0.2) is 5.65 Å². The van der Waals surface area contributed by atoms with Crippen molar-refractivity contribution < 1.29 is 4.74 Å². The molecule has 18 heavy (non-hydrogen) atoms. The smallest absolute Gasteiger partial charge is 0.160 e. The van der Waals surface area contributed by atoms with E-state index in [9.17, 15) is 0 Å². The molecule has 5 heteroatoms. The van der Waals surface area contributed by atoms with Crippen LogP contribution in [0.2, 0.25) is 0 Å². The number of nitrogens with zero attached hydrogens (tertiary/aromatic N) is 3. The number of hydrogen-bond acceptors (Lipinski definition) is 3. The number of imidazole rings is 1. The van der Waals surface area contributed by atoms with Crippen LogP contribution in [-0.4, -0.2) is 27.2 Å². The molecule has 2 aromatic rings. The van der Waals surface area contributed by atoms with Crippen LogP contribution in [-0.2, 0) is 17.2 Å². The lowest BCUT2D eigenvalue weighted by Crippen LogP contribution is -2.29. The summed E-state index contributed by atoms with van der Waals surface area (Å²) in [6.45, 7) is 6.72. The van der Waals surface area contributed by atoms with Gasteiger partial charge in [-0.25, -0.2) is 9.97 Å². The Morgan fingerprint density at radius 3 is 2.67 bits per heavy atom. The molecule has 2 rings (SSSR count). The SMILES string of the molecule is COC(C)(C)Cn1c(CCl)nc2ccc(C)nc21. The summed E-state index contributed by atoms with van der Waals surface area (Å²) in [5.41, 5.74) is 2.44. The number of ether oxygens (including phenoxy) is 1. The second kappa shape index (κ2) is 4.86. The van der Waals surface area contributed by atoms with Crippen LogP contribution >= 0.6 is 11.6 Å². The number of fused-ring (bicyclic) bond motifs is 1. The summed E-state index contributed by atoms with van der Waals surface area (Å²) < 4.78 is 7.51. The number of alkyl halides is 1. The van der Waals surface area contributed by atoms with Gasteiger partial charge in [-0.3, -0.25) is 0 Å².